The average molecular weight is 269 g/mol. The summed E-state index contributed by atoms with van der Waals surface area (Å²) in [6.45, 7) is 2.45. The topological polar surface area (TPSA) is 72.9 Å². The number of carbonyl (C=O) groups excluding carboxylic acids is 1. The van der Waals surface area contributed by atoms with E-state index >= 15 is 0 Å². The zero-order valence-electron chi connectivity index (χ0n) is 11.5. The van der Waals surface area contributed by atoms with E-state index in [1.54, 1.807) is 0 Å². The first-order chi connectivity index (χ1) is 9.08. The van der Waals surface area contributed by atoms with E-state index in [4.69, 9.17) is 0 Å². The molecule has 2 heterocycles. The van der Waals surface area contributed by atoms with Gasteiger partial charge in [-0.2, -0.15) is 0 Å². The third-order valence-electron chi connectivity index (χ3n) is 4.00. The molecular formula is C13H23N3O3. The van der Waals surface area contributed by atoms with Crippen LogP contribution in [0.15, 0.2) is 0 Å². The van der Waals surface area contributed by atoms with Crippen LogP contribution in [0.5, 0.6) is 0 Å². The molecule has 0 saturated carbocycles. The third kappa shape index (κ3) is 3.59. The highest BCUT2D eigenvalue weighted by atomic mass is 16.4. The maximum atomic E-state index is 12.2. The fourth-order valence-electron chi connectivity index (χ4n) is 2.97. The molecule has 6 heteroatoms. The number of piperidine rings is 2. The van der Waals surface area contributed by atoms with Crippen molar-refractivity contribution >= 4 is 12.0 Å². The van der Waals surface area contributed by atoms with Gasteiger partial charge in [-0.3, -0.25) is 0 Å². The van der Waals surface area contributed by atoms with Gasteiger partial charge >= 0.3 is 12.0 Å². The number of likely N-dealkylation sites (N-methyl/N-ethyl adjacent to an activating group) is 1. The summed E-state index contributed by atoms with van der Waals surface area (Å²) in [6.07, 6.45) is 4.38. The first-order valence-electron chi connectivity index (χ1n) is 7.06. The van der Waals surface area contributed by atoms with Crippen LogP contribution in [0.2, 0.25) is 0 Å². The Hall–Kier alpha value is -1.30. The van der Waals surface area contributed by atoms with Crippen molar-refractivity contribution in [3.8, 4) is 0 Å². The number of rotatable bonds is 2. The SMILES string of the molecule is CN1CCCC(NC(=O)N2CCCCC2C(=O)O)C1. The van der Waals surface area contributed by atoms with Crippen molar-refractivity contribution in [2.45, 2.75) is 44.2 Å². The first-order valence-corrected chi connectivity index (χ1v) is 7.06. The highest BCUT2D eigenvalue weighted by Gasteiger charge is 2.33. The van der Waals surface area contributed by atoms with Gasteiger partial charge in [-0.15, -0.1) is 0 Å². The van der Waals surface area contributed by atoms with E-state index in [2.05, 4.69) is 10.2 Å². The van der Waals surface area contributed by atoms with Gasteiger partial charge in [0.15, 0.2) is 0 Å². The molecule has 0 aromatic carbocycles. The monoisotopic (exact) mass is 269 g/mol. The van der Waals surface area contributed by atoms with Gasteiger partial charge in [0.05, 0.1) is 0 Å². The van der Waals surface area contributed by atoms with Crippen LogP contribution in [0.4, 0.5) is 4.79 Å². The fraction of sp³-hybridized carbons (Fsp3) is 0.846. The van der Waals surface area contributed by atoms with Crippen LogP contribution in [0.3, 0.4) is 0 Å². The van der Waals surface area contributed by atoms with Crippen LogP contribution >= 0.6 is 0 Å². The number of urea groups is 1. The average Bonchev–Trinajstić information content (AvgIpc) is 2.38. The summed E-state index contributed by atoms with van der Waals surface area (Å²) in [5.41, 5.74) is 0. The summed E-state index contributed by atoms with van der Waals surface area (Å²) in [4.78, 5) is 27.1. The van der Waals surface area contributed by atoms with Gasteiger partial charge in [-0.1, -0.05) is 0 Å². The maximum Gasteiger partial charge on any atom is 0.326 e. The highest BCUT2D eigenvalue weighted by Crippen LogP contribution is 2.18. The quantitative estimate of drug-likeness (QED) is 0.775. The number of hydrogen-bond acceptors (Lipinski definition) is 3. The Labute approximate surface area is 113 Å². The number of carbonyl (C=O) groups is 2. The lowest BCUT2D eigenvalue weighted by Crippen LogP contribution is -2.56. The summed E-state index contributed by atoms with van der Waals surface area (Å²) in [5.74, 6) is -0.893. The van der Waals surface area contributed by atoms with Crippen molar-refractivity contribution < 1.29 is 14.7 Å². The van der Waals surface area contributed by atoms with E-state index in [-0.39, 0.29) is 12.1 Å². The molecule has 0 aromatic heterocycles. The van der Waals surface area contributed by atoms with Crippen LogP contribution in [-0.4, -0.2) is 65.7 Å². The first kappa shape index (κ1) is 14.1. The second-order valence-electron chi connectivity index (χ2n) is 5.59. The molecule has 2 saturated heterocycles. The Bertz CT molecular complexity index is 348. The number of amides is 2. The highest BCUT2D eigenvalue weighted by molar-refractivity contribution is 5.83. The summed E-state index contributed by atoms with van der Waals surface area (Å²) >= 11 is 0. The minimum absolute atomic E-state index is 0.141. The van der Waals surface area contributed by atoms with Gasteiger partial charge in [-0.05, 0) is 45.7 Å². The number of carboxylic acid groups (broad SMARTS) is 1. The summed E-state index contributed by atoms with van der Waals surface area (Å²) in [5, 5.41) is 12.2. The molecule has 2 aliphatic heterocycles. The molecule has 0 radical (unpaired) electrons. The smallest absolute Gasteiger partial charge is 0.326 e. The molecule has 19 heavy (non-hydrogen) atoms. The van der Waals surface area contributed by atoms with Crippen molar-refractivity contribution in [3.63, 3.8) is 0 Å². The van der Waals surface area contributed by atoms with Crippen molar-refractivity contribution in [3.05, 3.63) is 0 Å². The van der Waals surface area contributed by atoms with Gasteiger partial charge < -0.3 is 20.2 Å². The number of carboxylic acids is 1. The van der Waals surface area contributed by atoms with E-state index in [1.165, 1.54) is 4.90 Å². The van der Waals surface area contributed by atoms with Crippen LogP contribution in [0.1, 0.15) is 32.1 Å². The van der Waals surface area contributed by atoms with Gasteiger partial charge in [-0.25, -0.2) is 9.59 Å². The van der Waals surface area contributed by atoms with Crippen LogP contribution < -0.4 is 5.32 Å². The predicted octanol–water partition coefficient (Wildman–Crippen LogP) is 0.729. The summed E-state index contributed by atoms with van der Waals surface area (Å²) in [6, 6.07) is -0.731. The molecule has 2 amide bonds. The molecular weight excluding hydrogens is 246 g/mol. The van der Waals surface area contributed by atoms with Crippen molar-refractivity contribution in [2.75, 3.05) is 26.7 Å². The Morgan fingerprint density at radius 2 is 1.95 bits per heavy atom. The van der Waals surface area contributed by atoms with E-state index in [0.717, 1.165) is 38.8 Å². The Balaban J connectivity index is 1.92. The molecule has 0 aliphatic carbocycles. The number of aliphatic carboxylic acids is 1. The molecule has 6 nitrogen and oxygen atoms in total. The van der Waals surface area contributed by atoms with Crippen molar-refractivity contribution in [1.82, 2.24) is 15.1 Å². The molecule has 2 fully saturated rings. The Morgan fingerprint density at radius 3 is 2.63 bits per heavy atom. The minimum Gasteiger partial charge on any atom is -0.480 e. The summed E-state index contributed by atoms with van der Waals surface area (Å²) in [7, 11) is 2.04. The zero-order valence-corrected chi connectivity index (χ0v) is 11.5. The van der Waals surface area contributed by atoms with Crippen LogP contribution in [0.25, 0.3) is 0 Å². The van der Waals surface area contributed by atoms with E-state index in [9.17, 15) is 14.7 Å². The molecule has 2 rings (SSSR count). The van der Waals surface area contributed by atoms with Crippen LogP contribution in [0, 0.1) is 0 Å². The van der Waals surface area contributed by atoms with Gasteiger partial charge in [0, 0.05) is 19.1 Å². The number of nitrogens with zero attached hydrogens (tertiary/aromatic N) is 2. The predicted molar refractivity (Wildman–Crippen MR) is 71.0 cm³/mol. The second-order valence-corrected chi connectivity index (χ2v) is 5.59. The van der Waals surface area contributed by atoms with Crippen LogP contribution in [-0.2, 0) is 4.79 Å². The lowest BCUT2D eigenvalue weighted by atomic mass is 10.0. The molecule has 2 aliphatic rings. The van der Waals surface area contributed by atoms with E-state index < -0.39 is 12.0 Å². The molecule has 108 valence electrons. The summed E-state index contributed by atoms with van der Waals surface area (Å²) < 4.78 is 0. The number of likely N-dealkylation sites (tertiary alicyclic amines) is 2. The van der Waals surface area contributed by atoms with E-state index in [1.807, 2.05) is 7.05 Å². The fourth-order valence-corrected chi connectivity index (χ4v) is 2.97. The maximum absolute atomic E-state index is 12.2. The minimum atomic E-state index is -0.893. The van der Waals surface area contributed by atoms with Gasteiger partial charge in [0.25, 0.3) is 0 Å². The zero-order chi connectivity index (χ0) is 13.8. The lowest BCUT2D eigenvalue weighted by Gasteiger charge is -2.36. The molecule has 0 aromatic rings. The molecule has 2 atom stereocenters. The normalized spacial score (nSPS) is 29.0. The Morgan fingerprint density at radius 1 is 1.16 bits per heavy atom. The van der Waals surface area contributed by atoms with Gasteiger partial charge in [0.2, 0.25) is 0 Å². The molecule has 0 bridgehead atoms. The standard InChI is InChI=1S/C13H23N3O3/c1-15-7-4-5-10(9-15)14-13(19)16-8-3-2-6-11(16)12(17)18/h10-11H,2-9H2,1H3,(H,14,19)(H,17,18). The molecule has 0 spiro atoms. The van der Waals surface area contributed by atoms with Crippen molar-refractivity contribution in [2.24, 2.45) is 0 Å². The molecule has 2 N–H and O–H groups in total. The lowest BCUT2D eigenvalue weighted by molar-refractivity contribution is -0.143. The van der Waals surface area contributed by atoms with Gasteiger partial charge in [0.1, 0.15) is 6.04 Å². The second kappa shape index (κ2) is 6.23. The molecule has 2 unspecified atom stereocenters. The number of nitrogens with one attached hydrogen (secondary N) is 1. The van der Waals surface area contributed by atoms with E-state index in [0.29, 0.717) is 13.0 Å². The largest absolute Gasteiger partial charge is 0.480 e. The number of hydrogen-bond donors (Lipinski definition) is 2. The third-order valence-corrected chi connectivity index (χ3v) is 4.00. The Kier molecular flexibility index (Phi) is 4.63. The van der Waals surface area contributed by atoms with Crippen molar-refractivity contribution in [1.29, 1.82) is 0 Å².